The molecule has 0 rings (SSSR count). The summed E-state index contributed by atoms with van der Waals surface area (Å²) in [6.45, 7) is 4.38. The van der Waals surface area contributed by atoms with Crippen LogP contribution >= 0.6 is 0 Å². The van der Waals surface area contributed by atoms with E-state index in [1.807, 2.05) is 0 Å². The van der Waals surface area contributed by atoms with E-state index in [-0.39, 0.29) is 12.5 Å². The first-order chi connectivity index (χ1) is 29.2. The Labute approximate surface area is 370 Å². The first-order valence-corrected chi connectivity index (χ1v) is 27.0. The number of hydrogen-bond acceptors (Lipinski definition) is 3. The van der Waals surface area contributed by atoms with Crippen LogP contribution in [0.1, 0.15) is 303 Å². The molecule has 0 heterocycles. The van der Waals surface area contributed by atoms with Crippen LogP contribution in [-0.2, 0) is 4.79 Å². The monoisotopic (exact) mass is 830 g/mol. The number of carbonyl (C=O) groups excluding carboxylic acids is 1. The molecule has 4 nitrogen and oxygen atoms in total. The Morgan fingerprint density at radius 3 is 1.02 bits per heavy atom. The third-order valence-corrected chi connectivity index (χ3v) is 12.7. The summed E-state index contributed by atoms with van der Waals surface area (Å²) in [5.74, 6) is -0.0261. The zero-order chi connectivity index (χ0) is 42.8. The van der Waals surface area contributed by atoms with Crippen LogP contribution in [0.2, 0.25) is 0 Å². The molecule has 0 aromatic heterocycles. The largest absolute Gasteiger partial charge is 0.394 e. The van der Waals surface area contributed by atoms with Crippen LogP contribution in [0.15, 0.2) is 24.3 Å². The number of rotatable bonds is 50. The Morgan fingerprint density at radius 2 is 0.695 bits per heavy atom. The van der Waals surface area contributed by atoms with Crippen molar-refractivity contribution in [3.05, 3.63) is 24.3 Å². The summed E-state index contributed by atoms with van der Waals surface area (Å²) in [5, 5.41) is 23.3. The van der Waals surface area contributed by atoms with Crippen LogP contribution in [0.25, 0.3) is 0 Å². The van der Waals surface area contributed by atoms with E-state index >= 15 is 0 Å². The standard InChI is InChI=1S/C55H107NO3/c1-3-5-7-9-11-13-15-17-19-21-23-24-25-26-27-28-29-30-31-32-33-35-37-39-41-43-45-47-49-51-55(59)56-53(52-57)54(58)50-48-46-44-42-40-38-36-34-22-20-18-16-14-12-10-8-6-4-2/h15,17,21,23,53-54,57-58H,3-14,16,18-20,22,24-52H2,1-2H3,(H,56,59)/b17-15-,23-21-. The van der Waals surface area contributed by atoms with Gasteiger partial charge < -0.3 is 15.5 Å². The summed E-state index contributed by atoms with van der Waals surface area (Å²) >= 11 is 0. The molecule has 0 bridgehead atoms. The minimum atomic E-state index is -0.657. The van der Waals surface area contributed by atoms with E-state index in [1.54, 1.807) is 0 Å². The molecule has 0 aromatic carbocycles. The zero-order valence-electron chi connectivity index (χ0n) is 40.3. The topological polar surface area (TPSA) is 69.6 Å². The van der Waals surface area contributed by atoms with E-state index in [1.165, 1.54) is 244 Å². The quantitative estimate of drug-likeness (QED) is 0.0422. The molecule has 4 heteroatoms. The third-order valence-electron chi connectivity index (χ3n) is 12.7. The van der Waals surface area contributed by atoms with Gasteiger partial charge in [-0.2, -0.15) is 0 Å². The predicted octanol–water partition coefficient (Wildman–Crippen LogP) is 17.5. The number of aliphatic hydroxyl groups is 2. The summed E-state index contributed by atoms with van der Waals surface area (Å²) in [4.78, 5) is 12.5. The molecule has 1 amide bonds. The van der Waals surface area contributed by atoms with E-state index in [4.69, 9.17) is 0 Å². The van der Waals surface area contributed by atoms with Gasteiger partial charge in [-0.1, -0.05) is 276 Å². The van der Waals surface area contributed by atoms with Crippen LogP contribution in [0.3, 0.4) is 0 Å². The highest BCUT2D eigenvalue weighted by Crippen LogP contribution is 2.17. The Morgan fingerprint density at radius 1 is 0.407 bits per heavy atom. The Bertz CT molecular complexity index is 855. The van der Waals surface area contributed by atoms with Crippen molar-refractivity contribution in [1.29, 1.82) is 0 Å². The molecule has 3 N–H and O–H groups in total. The summed E-state index contributed by atoms with van der Waals surface area (Å²) in [6, 6.07) is -0.534. The molecule has 0 aromatic rings. The lowest BCUT2D eigenvalue weighted by atomic mass is 10.0. The fraction of sp³-hybridized carbons (Fsp3) is 0.909. The van der Waals surface area contributed by atoms with Crippen LogP contribution in [-0.4, -0.2) is 34.9 Å². The molecule has 0 aliphatic carbocycles. The maximum absolute atomic E-state index is 12.5. The maximum Gasteiger partial charge on any atom is 0.220 e. The van der Waals surface area contributed by atoms with Crippen molar-refractivity contribution in [3.63, 3.8) is 0 Å². The molecule has 0 fully saturated rings. The summed E-state index contributed by atoms with van der Waals surface area (Å²) in [5.41, 5.74) is 0. The van der Waals surface area contributed by atoms with Gasteiger partial charge in [0.15, 0.2) is 0 Å². The minimum absolute atomic E-state index is 0.0261. The second kappa shape index (κ2) is 51.2. The maximum atomic E-state index is 12.5. The Kier molecular flexibility index (Phi) is 50.2. The fourth-order valence-corrected chi connectivity index (χ4v) is 8.57. The second-order valence-electron chi connectivity index (χ2n) is 18.7. The lowest BCUT2D eigenvalue weighted by Gasteiger charge is -2.22. The lowest BCUT2D eigenvalue weighted by molar-refractivity contribution is -0.123. The van der Waals surface area contributed by atoms with Crippen molar-refractivity contribution in [2.45, 2.75) is 315 Å². The van der Waals surface area contributed by atoms with Gasteiger partial charge in [-0.15, -0.1) is 0 Å². The normalized spacial score (nSPS) is 12.9. The average Bonchev–Trinajstić information content (AvgIpc) is 3.24. The molecule has 2 unspecified atom stereocenters. The molecular weight excluding hydrogens is 723 g/mol. The van der Waals surface area contributed by atoms with Gasteiger partial charge in [0.2, 0.25) is 5.91 Å². The number of nitrogens with one attached hydrogen (secondary N) is 1. The highest BCUT2D eigenvalue weighted by molar-refractivity contribution is 5.76. The molecule has 0 spiro atoms. The molecule has 59 heavy (non-hydrogen) atoms. The third kappa shape index (κ3) is 47.8. The van der Waals surface area contributed by atoms with Crippen molar-refractivity contribution in [3.8, 4) is 0 Å². The summed E-state index contributed by atoms with van der Waals surface area (Å²) < 4.78 is 0. The molecular formula is C55H107NO3. The first kappa shape index (κ1) is 57.9. The smallest absolute Gasteiger partial charge is 0.220 e. The van der Waals surface area contributed by atoms with Gasteiger partial charge in [0.1, 0.15) is 0 Å². The molecule has 2 atom stereocenters. The number of unbranched alkanes of at least 4 members (excludes halogenated alkanes) is 39. The molecule has 0 aliphatic rings. The van der Waals surface area contributed by atoms with Crippen LogP contribution in [0, 0.1) is 0 Å². The molecule has 0 saturated carbocycles. The van der Waals surface area contributed by atoms with E-state index in [0.717, 1.165) is 32.1 Å². The van der Waals surface area contributed by atoms with E-state index in [9.17, 15) is 15.0 Å². The number of carbonyl (C=O) groups is 1. The Balaban J connectivity index is 3.43. The van der Waals surface area contributed by atoms with Crippen molar-refractivity contribution < 1.29 is 15.0 Å². The highest BCUT2D eigenvalue weighted by Gasteiger charge is 2.20. The van der Waals surface area contributed by atoms with Crippen molar-refractivity contribution in [2.75, 3.05) is 6.61 Å². The van der Waals surface area contributed by atoms with Gasteiger partial charge >= 0.3 is 0 Å². The number of allylic oxidation sites excluding steroid dienone is 4. The first-order valence-electron chi connectivity index (χ1n) is 27.0. The highest BCUT2D eigenvalue weighted by atomic mass is 16.3. The minimum Gasteiger partial charge on any atom is -0.394 e. The zero-order valence-corrected chi connectivity index (χ0v) is 40.3. The number of hydrogen-bond donors (Lipinski definition) is 3. The van der Waals surface area contributed by atoms with Crippen LogP contribution in [0.5, 0.6) is 0 Å². The Hall–Kier alpha value is -1.13. The van der Waals surface area contributed by atoms with Gasteiger partial charge in [-0.3, -0.25) is 4.79 Å². The van der Waals surface area contributed by atoms with Crippen LogP contribution < -0.4 is 5.32 Å². The van der Waals surface area contributed by atoms with Gasteiger partial charge in [-0.25, -0.2) is 0 Å². The SMILES string of the molecule is CCCCCCC/C=C\C/C=C\CCCCCCCCCCCCCCCCCCCC(=O)NC(CO)C(O)CCCCCCCCCCCCCCCCCCCC. The number of amides is 1. The van der Waals surface area contributed by atoms with Gasteiger partial charge in [0, 0.05) is 6.42 Å². The second-order valence-corrected chi connectivity index (χ2v) is 18.7. The molecule has 0 aliphatic heterocycles. The number of aliphatic hydroxyl groups excluding tert-OH is 2. The van der Waals surface area contributed by atoms with Crippen LogP contribution in [0.4, 0.5) is 0 Å². The van der Waals surface area contributed by atoms with Gasteiger partial charge in [0.25, 0.3) is 0 Å². The van der Waals surface area contributed by atoms with Gasteiger partial charge in [0.05, 0.1) is 18.8 Å². The van der Waals surface area contributed by atoms with E-state index in [0.29, 0.717) is 12.8 Å². The molecule has 0 saturated heterocycles. The summed E-state index contributed by atoms with van der Waals surface area (Å²) in [7, 11) is 0. The van der Waals surface area contributed by atoms with E-state index in [2.05, 4.69) is 43.5 Å². The average molecular weight is 830 g/mol. The van der Waals surface area contributed by atoms with Crippen molar-refractivity contribution >= 4 is 5.91 Å². The van der Waals surface area contributed by atoms with Gasteiger partial charge in [-0.05, 0) is 44.9 Å². The fourth-order valence-electron chi connectivity index (χ4n) is 8.57. The predicted molar refractivity (Wildman–Crippen MR) is 262 cm³/mol. The molecule has 0 radical (unpaired) electrons. The van der Waals surface area contributed by atoms with Crippen molar-refractivity contribution in [2.24, 2.45) is 0 Å². The molecule has 350 valence electrons. The van der Waals surface area contributed by atoms with Crippen molar-refractivity contribution in [1.82, 2.24) is 5.32 Å². The summed E-state index contributed by atoms with van der Waals surface area (Å²) in [6.07, 6.45) is 67.2. The van der Waals surface area contributed by atoms with E-state index < -0.39 is 12.1 Å². The lowest BCUT2D eigenvalue weighted by Crippen LogP contribution is -2.45.